The van der Waals surface area contributed by atoms with Gasteiger partial charge in [-0.1, -0.05) is 50.3 Å². The molecule has 45 heavy (non-hydrogen) atoms. The first-order valence-corrected chi connectivity index (χ1v) is 16.4. The van der Waals surface area contributed by atoms with Gasteiger partial charge in [0, 0.05) is 59.0 Å². The summed E-state index contributed by atoms with van der Waals surface area (Å²) in [6, 6.07) is 20.0. The molecule has 1 aromatic heterocycles. The molecule has 0 radical (unpaired) electrons. The lowest BCUT2D eigenvalue weighted by Gasteiger charge is -2.19. The maximum Gasteiger partial charge on any atom is 0.123 e. The first-order chi connectivity index (χ1) is 21.7. The molecule has 7 nitrogen and oxygen atoms in total. The average Bonchev–Trinajstić information content (AvgIpc) is 3.05. The van der Waals surface area contributed by atoms with Crippen LogP contribution in [0.5, 0.6) is 0 Å². The molecule has 238 valence electrons. The minimum Gasteiger partial charge on any atom is -0.398 e. The minimum absolute atomic E-state index is 0.123. The number of methoxy groups -OCH3 is 1. The number of pyridine rings is 1. The van der Waals surface area contributed by atoms with Crippen molar-refractivity contribution in [3.63, 3.8) is 0 Å². The van der Waals surface area contributed by atoms with E-state index in [-0.39, 0.29) is 11.8 Å². The van der Waals surface area contributed by atoms with Gasteiger partial charge in [-0.2, -0.15) is 0 Å². The van der Waals surface area contributed by atoms with Gasteiger partial charge in [-0.25, -0.2) is 0 Å². The highest BCUT2D eigenvalue weighted by atomic mass is 32.2. The number of nitrogens with zero attached hydrogens (tertiary/aromatic N) is 3. The maximum atomic E-state index is 11.1. The number of nitrogen functional groups attached to an aromatic ring is 1. The van der Waals surface area contributed by atoms with Crippen LogP contribution in [0.4, 0.5) is 11.4 Å². The van der Waals surface area contributed by atoms with Crippen LogP contribution in [0.25, 0.3) is 11.3 Å². The quantitative estimate of drug-likeness (QED) is 0.0958. The summed E-state index contributed by atoms with van der Waals surface area (Å²) >= 11 is 1.66. The summed E-state index contributed by atoms with van der Waals surface area (Å²) < 4.78 is 4.54. The number of allylic oxidation sites excluding steroid dienone is 3. The zero-order valence-corrected chi connectivity index (χ0v) is 28.2. The number of nitrogens with two attached hydrogens (primary N) is 2. The maximum absolute atomic E-state index is 11.1. The Bertz CT molecular complexity index is 1540. The van der Waals surface area contributed by atoms with E-state index >= 15 is 0 Å². The topological polar surface area (TPSA) is 116 Å². The highest BCUT2D eigenvalue weighted by Gasteiger charge is 2.18. The third-order valence-corrected chi connectivity index (χ3v) is 8.45. The van der Waals surface area contributed by atoms with E-state index in [1.54, 1.807) is 18.9 Å². The van der Waals surface area contributed by atoms with Gasteiger partial charge in [0.1, 0.15) is 6.29 Å². The van der Waals surface area contributed by atoms with E-state index in [0.29, 0.717) is 17.3 Å². The highest BCUT2D eigenvalue weighted by Crippen LogP contribution is 2.31. The molecule has 1 unspecified atom stereocenters. The van der Waals surface area contributed by atoms with E-state index in [2.05, 4.69) is 41.8 Å². The van der Waals surface area contributed by atoms with Crippen molar-refractivity contribution in [1.82, 2.24) is 4.98 Å². The molecular weight excluding hydrogens is 579 g/mol. The Morgan fingerprint density at radius 2 is 1.87 bits per heavy atom. The molecule has 0 saturated carbocycles. The second kappa shape index (κ2) is 18.1. The number of carbonyl (C=O) groups excluding carboxylic acids is 1. The fourth-order valence-electron chi connectivity index (χ4n) is 5.09. The number of aryl methyl sites for hydroxylation is 1. The number of thioether (sulfide) groups is 1. The van der Waals surface area contributed by atoms with Gasteiger partial charge in [-0.3, -0.25) is 15.0 Å². The van der Waals surface area contributed by atoms with Crippen molar-refractivity contribution in [2.45, 2.75) is 58.8 Å². The van der Waals surface area contributed by atoms with E-state index in [4.69, 9.17) is 21.4 Å². The molecule has 1 aliphatic carbocycles. The smallest absolute Gasteiger partial charge is 0.123 e. The number of aromatic nitrogens is 1. The molecule has 0 fully saturated rings. The molecule has 1 aliphatic rings. The fraction of sp³-hybridized carbons (Fsp3) is 0.351. The lowest BCUT2D eigenvalue weighted by Crippen LogP contribution is -2.15. The molecule has 0 amide bonds. The van der Waals surface area contributed by atoms with E-state index in [9.17, 15) is 4.79 Å². The SMILES string of the molecule is CC(=Nc1ccc(C2=CCC(C=O)CC2)nc1C)/C(=C(\N)c1cccc(N)c1/C=N/CSc1ccccc1)C(C)C.CCOC. The van der Waals surface area contributed by atoms with Crippen LogP contribution >= 0.6 is 11.8 Å². The predicted octanol–water partition coefficient (Wildman–Crippen LogP) is 8.29. The van der Waals surface area contributed by atoms with Gasteiger partial charge in [-0.15, -0.1) is 11.8 Å². The zero-order valence-electron chi connectivity index (χ0n) is 27.4. The number of ether oxygens (including phenoxy) is 1. The molecule has 8 heteroatoms. The minimum atomic E-state index is 0.123. The Morgan fingerprint density at radius 1 is 1.13 bits per heavy atom. The monoisotopic (exact) mass is 625 g/mol. The number of rotatable bonds is 11. The zero-order chi connectivity index (χ0) is 32.8. The molecule has 0 saturated heterocycles. The summed E-state index contributed by atoms with van der Waals surface area (Å²) in [7, 11) is 1.68. The first kappa shape index (κ1) is 35.5. The molecule has 0 aliphatic heterocycles. The Labute approximate surface area is 273 Å². The van der Waals surface area contributed by atoms with Crippen molar-refractivity contribution in [2.24, 2.45) is 27.6 Å². The molecule has 1 atom stereocenters. The van der Waals surface area contributed by atoms with Gasteiger partial charge in [0.25, 0.3) is 0 Å². The van der Waals surface area contributed by atoms with Crippen LogP contribution in [0.2, 0.25) is 0 Å². The van der Waals surface area contributed by atoms with Crippen LogP contribution in [-0.2, 0) is 9.53 Å². The molecule has 4 rings (SSSR count). The molecule has 1 heterocycles. The lowest BCUT2D eigenvalue weighted by atomic mass is 9.89. The van der Waals surface area contributed by atoms with Crippen LogP contribution in [-0.4, -0.2) is 42.8 Å². The summed E-state index contributed by atoms with van der Waals surface area (Å²) in [6.45, 7) is 11.0. The van der Waals surface area contributed by atoms with E-state index in [1.807, 2.05) is 75.5 Å². The molecular formula is C37H47N5O2S. The van der Waals surface area contributed by atoms with Gasteiger partial charge in [-0.05, 0) is 87.4 Å². The molecule has 2 aromatic carbocycles. The van der Waals surface area contributed by atoms with Gasteiger partial charge >= 0.3 is 0 Å². The largest absolute Gasteiger partial charge is 0.398 e. The van der Waals surface area contributed by atoms with Crippen LogP contribution < -0.4 is 11.5 Å². The summed E-state index contributed by atoms with van der Waals surface area (Å²) in [6.07, 6.45) is 7.55. The average molecular weight is 626 g/mol. The van der Waals surface area contributed by atoms with Gasteiger partial charge < -0.3 is 21.0 Å². The Morgan fingerprint density at radius 3 is 2.47 bits per heavy atom. The fourth-order valence-corrected chi connectivity index (χ4v) is 5.74. The predicted molar refractivity (Wildman–Crippen MR) is 192 cm³/mol. The number of aliphatic imine (C=N–C) groups is 2. The van der Waals surface area contributed by atoms with Crippen molar-refractivity contribution in [3.8, 4) is 0 Å². The van der Waals surface area contributed by atoms with Gasteiger partial charge in [0.2, 0.25) is 0 Å². The third-order valence-electron chi connectivity index (χ3n) is 7.56. The number of carbonyl (C=O) groups is 1. The van der Waals surface area contributed by atoms with Gasteiger partial charge in [0.05, 0.1) is 23.0 Å². The molecule has 4 N–H and O–H groups in total. The van der Waals surface area contributed by atoms with Crippen LogP contribution in [0, 0.1) is 18.8 Å². The van der Waals surface area contributed by atoms with E-state index in [1.165, 1.54) is 10.5 Å². The summed E-state index contributed by atoms with van der Waals surface area (Å²) in [4.78, 5) is 26.7. The van der Waals surface area contributed by atoms with Crippen LogP contribution in [0.15, 0.2) is 87.2 Å². The summed E-state index contributed by atoms with van der Waals surface area (Å²) in [5, 5.41) is 0. The summed E-state index contributed by atoms with van der Waals surface area (Å²) in [5.74, 6) is 0.831. The standard InChI is InChI=1S/C34H39N5OS.C3H8O/c1-22(2)33(24(4)39-31-17-18-32(38-23(31)3)26-15-13-25(20-40)14-16-26)34(36)28-11-8-12-30(35)29(28)19-37-21-41-27-9-6-5-7-10-27;1-3-4-2/h5-12,15,17-20,22,25H,13-14,16,21,35-36H2,1-4H3;3H2,1-2H3/b34-33-,37-19+,39-24?;. The van der Waals surface area contributed by atoms with Crippen molar-refractivity contribution in [3.05, 3.63) is 94.8 Å². The number of hydrogen-bond acceptors (Lipinski definition) is 8. The van der Waals surface area contributed by atoms with Crippen LogP contribution in [0.3, 0.4) is 0 Å². The molecule has 0 spiro atoms. The van der Waals surface area contributed by atoms with Crippen molar-refractivity contribution in [2.75, 3.05) is 25.3 Å². The van der Waals surface area contributed by atoms with Crippen molar-refractivity contribution < 1.29 is 9.53 Å². The number of aldehydes is 1. The van der Waals surface area contributed by atoms with Crippen molar-refractivity contribution in [1.29, 1.82) is 0 Å². The Balaban J connectivity index is 0.00000130. The highest BCUT2D eigenvalue weighted by molar-refractivity contribution is 7.99. The summed E-state index contributed by atoms with van der Waals surface area (Å²) in [5.41, 5.74) is 21.8. The van der Waals surface area contributed by atoms with Crippen molar-refractivity contribution >= 4 is 52.6 Å². The van der Waals surface area contributed by atoms with Crippen LogP contribution in [0.1, 0.15) is 69.5 Å². The first-order valence-electron chi connectivity index (χ1n) is 15.4. The van der Waals surface area contributed by atoms with Gasteiger partial charge in [0.15, 0.2) is 0 Å². The second-order valence-electron chi connectivity index (χ2n) is 11.2. The molecule has 3 aromatic rings. The number of hydrogen-bond donors (Lipinski definition) is 2. The molecule has 0 bridgehead atoms. The normalized spacial score (nSPS) is 15.8. The Kier molecular flexibility index (Phi) is 14.2. The van der Waals surface area contributed by atoms with E-state index < -0.39 is 0 Å². The van der Waals surface area contributed by atoms with E-state index in [0.717, 1.165) is 71.6 Å². The number of benzene rings is 2. The third kappa shape index (κ3) is 10.3. The Hall–Kier alpha value is -4.01. The number of anilines is 1. The lowest BCUT2D eigenvalue weighted by molar-refractivity contribution is -0.111. The second-order valence-corrected chi connectivity index (χ2v) is 12.2.